The highest BCUT2D eigenvalue weighted by molar-refractivity contribution is 5.76. The largest absolute Gasteiger partial charge is 0.369 e. The van der Waals surface area contributed by atoms with E-state index in [2.05, 4.69) is 0 Å². The maximum Gasteiger partial charge on any atom is 0.220 e. The minimum atomic E-state index is -0.240. The number of nitrogens with zero attached hydrogens (tertiary/aromatic N) is 1. The van der Waals surface area contributed by atoms with E-state index in [9.17, 15) is 9.59 Å². The van der Waals surface area contributed by atoms with Gasteiger partial charge in [-0.2, -0.15) is 0 Å². The van der Waals surface area contributed by atoms with Gasteiger partial charge in [-0.05, 0) is 12.8 Å². The van der Waals surface area contributed by atoms with Crippen LogP contribution >= 0.6 is 0 Å². The van der Waals surface area contributed by atoms with E-state index in [1.807, 2.05) is 27.7 Å². The van der Waals surface area contributed by atoms with Crippen molar-refractivity contribution in [2.24, 2.45) is 11.7 Å². The van der Waals surface area contributed by atoms with Crippen LogP contribution in [0.15, 0.2) is 0 Å². The van der Waals surface area contributed by atoms with Gasteiger partial charge in [0.15, 0.2) is 0 Å². The zero-order chi connectivity index (χ0) is 12.3. The number of carbonyl (C=O) groups is 2. The van der Waals surface area contributed by atoms with Gasteiger partial charge in [0.1, 0.15) is 0 Å². The second-order valence-electron chi connectivity index (χ2n) is 2.82. The van der Waals surface area contributed by atoms with E-state index in [-0.39, 0.29) is 11.8 Å². The predicted molar refractivity (Wildman–Crippen MR) is 62.3 cm³/mol. The first-order chi connectivity index (χ1) is 7.24. The molecule has 2 amide bonds. The van der Waals surface area contributed by atoms with Gasteiger partial charge in [-0.25, -0.2) is 0 Å². The van der Waals surface area contributed by atoms with Crippen LogP contribution in [0.4, 0.5) is 0 Å². The Labute approximate surface area is 92.8 Å². The van der Waals surface area contributed by atoms with E-state index >= 15 is 0 Å². The molecule has 1 saturated heterocycles. The molecule has 4 heteroatoms. The molecule has 1 aliphatic heterocycles. The third-order valence-corrected chi connectivity index (χ3v) is 2.08. The molecule has 0 aromatic carbocycles. The van der Waals surface area contributed by atoms with E-state index in [0.717, 1.165) is 6.41 Å². The molecule has 4 nitrogen and oxygen atoms in total. The molecular weight excluding hydrogens is 192 g/mol. The number of carbonyl (C=O) groups excluding carboxylic acids is 2. The van der Waals surface area contributed by atoms with Crippen LogP contribution < -0.4 is 5.73 Å². The lowest BCUT2D eigenvalue weighted by Gasteiger charge is -2.26. The Morgan fingerprint density at radius 2 is 1.60 bits per heavy atom. The molecule has 1 fully saturated rings. The van der Waals surface area contributed by atoms with Gasteiger partial charge in [0.05, 0.1) is 0 Å². The molecule has 0 radical (unpaired) electrons. The molecule has 0 spiro atoms. The van der Waals surface area contributed by atoms with Crippen molar-refractivity contribution in [1.82, 2.24) is 4.90 Å². The fraction of sp³-hybridized carbons (Fsp3) is 0.818. The average molecular weight is 216 g/mol. The Morgan fingerprint density at radius 1 is 1.20 bits per heavy atom. The molecule has 0 aromatic heterocycles. The Hall–Kier alpha value is -1.06. The fourth-order valence-electron chi connectivity index (χ4n) is 1.29. The normalized spacial score (nSPS) is 15.3. The van der Waals surface area contributed by atoms with Crippen LogP contribution in [-0.4, -0.2) is 30.3 Å². The van der Waals surface area contributed by atoms with Gasteiger partial charge in [0, 0.05) is 19.0 Å². The van der Waals surface area contributed by atoms with Crippen molar-refractivity contribution in [2.75, 3.05) is 13.1 Å². The highest BCUT2D eigenvalue weighted by Gasteiger charge is 2.21. The summed E-state index contributed by atoms with van der Waals surface area (Å²) in [6.45, 7) is 9.33. The average Bonchev–Trinajstić information content (AvgIpc) is 2.34. The van der Waals surface area contributed by atoms with Crippen molar-refractivity contribution < 1.29 is 9.59 Å². The molecule has 15 heavy (non-hydrogen) atoms. The summed E-state index contributed by atoms with van der Waals surface area (Å²) in [5.74, 6) is -0.262. The number of hydrogen-bond acceptors (Lipinski definition) is 2. The molecule has 0 atom stereocenters. The highest BCUT2D eigenvalue weighted by Crippen LogP contribution is 2.14. The van der Waals surface area contributed by atoms with Crippen LogP contribution in [0.1, 0.15) is 40.5 Å². The van der Waals surface area contributed by atoms with Crippen LogP contribution in [-0.2, 0) is 9.59 Å². The van der Waals surface area contributed by atoms with Crippen LogP contribution in [0.5, 0.6) is 0 Å². The third-order valence-electron chi connectivity index (χ3n) is 2.08. The molecule has 1 rings (SSSR count). The Balaban J connectivity index is 0. The van der Waals surface area contributed by atoms with Crippen molar-refractivity contribution in [2.45, 2.75) is 40.5 Å². The number of nitrogens with two attached hydrogens (primary N) is 1. The second kappa shape index (κ2) is 11.0. The number of rotatable bonds is 2. The van der Waals surface area contributed by atoms with Crippen molar-refractivity contribution in [1.29, 1.82) is 0 Å². The van der Waals surface area contributed by atoms with Crippen LogP contribution in [0.25, 0.3) is 0 Å². The number of primary amides is 1. The van der Waals surface area contributed by atoms with E-state index in [0.29, 0.717) is 25.9 Å². The molecule has 0 aliphatic carbocycles. The van der Waals surface area contributed by atoms with Crippen molar-refractivity contribution >= 4 is 12.3 Å². The fourth-order valence-corrected chi connectivity index (χ4v) is 1.29. The summed E-state index contributed by atoms with van der Waals surface area (Å²) in [5.41, 5.74) is 5.11. The minimum absolute atomic E-state index is 0.0220. The lowest BCUT2D eigenvalue weighted by Crippen LogP contribution is -2.37. The second-order valence-corrected chi connectivity index (χ2v) is 2.82. The molecule has 0 saturated carbocycles. The van der Waals surface area contributed by atoms with Crippen LogP contribution in [0, 0.1) is 5.92 Å². The summed E-state index contributed by atoms with van der Waals surface area (Å²) in [5, 5.41) is 0. The van der Waals surface area contributed by atoms with Crippen molar-refractivity contribution in [3.63, 3.8) is 0 Å². The van der Waals surface area contributed by atoms with Crippen molar-refractivity contribution in [3.8, 4) is 0 Å². The number of hydrogen-bond donors (Lipinski definition) is 1. The van der Waals surface area contributed by atoms with Gasteiger partial charge in [0.2, 0.25) is 12.3 Å². The zero-order valence-electron chi connectivity index (χ0n) is 10.3. The number of likely N-dealkylation sites (tertiary alicyclic amines) is 1. The van der Waals surface area contributed by atoms with E-state index in [1.165, 1.54) is 0 Å². The quantitative estimate of drug-likeness (QED) is 0.709. The molecule has 0 unspecified atom stereocenters. The van der Waals surface area contributed by atoms with Gasteiger partial charge < -0.3 is 10.6 Å². The Bertz CT molecular complexity index is 164. The van der Waals surface area contributed by atoms with E-state index < -0.39 is 0 Å². The minimum Gasteiger partial charge on any atom is -0.369 e. The molecular formula is C11H24N2O2. The lowest BCUT2D eigenvalue weighted by molar-refractivity contribution is -0.126. The molecule has 0 aromatic rings. The van der Waals surface area contributed by atoms with Gasteiger partial charge >= 0.3 is 0 Å². The number of amides is 2. The van der Waals surface area contributed by atoms with Crippen molar-refractivity contribution in [3.05, 3.63) is 0 Å². The molecule has 90 valence electrons. The summed E-state index contributed by atoms with van der Waals surface area (Å²) < 4.78 is 0. The Morgan fingerprint density at radius 3 is 1.87 bits per heavy atom. The number of piperidine rings is 1. The monoisotopic (exact) mass is 216 g/mol. The Kier molecular flexibility index (Phi) is 12.0. The first-order valence-corrected chi connectivity index (χ1v) is 5.72. The standard InChI is InChI=1S/C7H12N2O2.2C2H6/c8-7(11)6-1-3-9(5-10)4-2-6;2*1-2/h5-6H,1-4H2,(H2,8,11);2*1-2H3. The SMILES string of the molecule is CC.CC.NC(=O)C1CCN(C=O)CC1. The first kappa shape index (κ1) is 16.4. The van der Waals surface area contributed by atoms with Gasteiger partial charge in [-0.15, -0.1) is 0 Å². The van der Waals surface area contributed by atoms with Gasteiger partial charge in [-0.1, -0.05) is 27.7 Å². The van der Waals surface area contributed by atoms with E-state index in [1.54, 1.807) is 4.90 Å². The predicted octanol–water partition coefficient (Wildman–Crippen LogP) is 1.39. The topological polar surface area (TPSA) is 63.4 Å². The maximum absolute atomic E-state index is 10.7. The zero-order valence-corrected chi connectivity index (χ0v) is 10.3. The highest BCUT2D eigenvalue weighted by atomic mass is 16.1. The third kappa shape index (κ3) is 6.94. The summed E-state index contributed by atoms with van der Waals surface area (Å²) in [6.07, 6.45) is 2.25. The molecule has 2 N–H and O–H groups in total. The summed E-state index contributed by atoms with van der Waals surface area (Å²) >= 11 is 0. The maximum atomic E-state index is 10.7. The van der Waals surface area contributed by atoms with Crippen LogP contribution in [0.3, 0.4) is 0 Å². The molecule has 1 aliphatic rings. The summed E-state index contributed by atoms with van der Waals surface area (Å²) in [7, 11) is 0. The smallest absolute Gasteiger partial charge is 0.220 e. The van der Waals surface area contributed by atoms with E-state index in [4.69, 9.17) is 5.73 Å². The van der Waals surface area contributed by atoms with Gasteiger partial charge in [-0.3, -0.25) is 9.59 Å². The summed E-state index contributed by atoms with van der Waals surface area (Å²) in [6, 6.07) is 0. The van der Waals surface area contributed by atoms with Crippen LogP contribution in [0.2, 0.25) is 0 Å². The lowest BCUT2D eigenvalue weighted by atomic mass is 9.97. The molecule has 0 bridgehead atoms. The summed E-state index contributed by atoms with van der Waals surface area (Å²) in [4.78, 5) is 22.6. The molecule has 1 heterocycles. The van der Waals surface area contributed by atoms with Gasteiger partial charge in [0.25, 0.3) is 0 Å². The first-order valence-electron chi connectivity index (χ1n) is 5.72.